The topological polar surface area (TPSA) is 100 Å². The molecular weight excluding hydrogens is 534 g/mol. The molecule has 35 heavy (non-hydrogen) atoms. The Morgan fingerprint density at radius 1 is 1.09 bits per heavy atom. The predicted octanol–water partition coefficient (Wildman–Crippen LogP) is 5.98. The van der Waals surface area contributed by atoms with Crippen LogP contribution in [-0.4, -0.2) is 25.5 Å². The van der Waals surface area contributed by atoms with E-state index in [-0.39, 0.29) is 18.1 Å². The van der Waals surface area contributed by atoms with Crippen LogP contribution >= 0.6 is 27.5 Å². The van der Waals surface area contributed by atoms with Crippen LogP contribution in [0.3, 0.4) is 0 Å². The van der Waals surface area contributed by atoms with Gasteiger partial charge in [-0.25, -0.2) is 0 Å². The molecule has 9 heteroatoms. The van der Waals surface area contributed by atoms with Gasteiger partial charge in [-0.05, 0) is 77.0 Å². The van der Waals surface area contributed by atoms with E-state index in [1.165, 1.54) is 13.2 Å². The summed E-state index contributed by atoms with van der Waals surface area (Å²) in [6.07, 6.45) is 1.42. The zero-order valence-corrected chi connectivity index (χ0v) is 21.2. The van der Waals surface area contributed by atoms with Crippen LogP contribution in [0.15, 0.2) is 70.7 Å². The summed E-state index contributed by atoms with van der Waals surface area (Å²) in [7, 11) is 1.45. The van der Waals surface area contributed by atoms with Crippen molar-refractivity contribution in [3.05, 3.63) is 86.9 Å². The Morgan fingerprint density at radius 3 is 2.49 bits per heavy atom. The van der Waals surface area contributed by atoms with Gasteiger partial charge in [-0.2, -0.15) is 5.26 Å². The Bertz CT molecular complexity index is 1320. The number of nitrogens with zero attached hydrogens (tertiary/aromatic N) is 1. The summed E-state index contributed by atoms with van der Waals surface area (Å²) in [6, 6.07) is 19.2. The van der Waals surface area contributed by atoms with E-state index < -0.39 is 5.91 Å². The molecule has 3 aromatic rings. The maximum atomic E-state index is 12.6. The number of halogens is 2. The Kier molecular flexibility index (Phi) is 8.90. The highest BCUT2D eigenvalue weighted by Gasteiger charge is 2.15. The van der Waals surface area contributed by atoms with Crippen LogP contribution in [0.5, 0.6) is 11.5 Å². The maximum absolute atomic E-state index is 12.6. The Balaban J connectivity index is 1.73. The molecule has 0 unspecified atom stereocenters. The highest BCUT2D eigenvalue weighted by atomic mass is 79.9. The standard InChI is InChI=1S/C26H21BrClN3O4/c1-16-6-8-20(9-7-16)30-24(32)15-35-25-22(27)11-17(12-23(25)34-2)10-18(14-29)26(33)31-21-5-3-4-19(28)13-21/h3-13H,15H2,1-2H3,(H,30,32)(H,31,33)/b18-10+. The zero-order chi connectivity index (χ0) is 25.4. The largest absolute Gasteiger partial charge is 0.493 e. The number of carbonyl (C=O) groups is 2. The second kappa shape index (κ2) is 12.1. The fourth-order valence-corrected chi connectivity index (χ4v) is 3.78. The van der Waals surface area contributed by atoms with E-state index in [0.29, 0.717) is 37.9 Å². The van der Waals surface area contributed by atoms with Crippen molar-refractivity contribution in [2.75, 3.05) is 24.4 Å². The molecule has 0 radical (unpaired) electrons. The smallest absolute Gasteiger partial charge is 0.266 e. The number of carbonyl (C=O) groups excluding carboxylic acids is 2. The predicted molar refractivity (Wildman–Crippen MR) is 140 cm³/mol. The minimum absolute atomic E-state index is 0.120. The molecule has 2 N–H and O–H groups in total. The van der Waals surface area contributed by atoms with Gasteiger partial charge >= 0.3 is 0 Å². The van der Waals surface area contributed by atoms with Crippen molar-refractivity contribution in [2.45, 2.75) is 6.92 Å². The summed E-state index contributed by atoms with van der Waals surface area (Å²) >= 11 is 9.35. The molecule has 0 aromatic heterocycles. The lowest BCUT2D eigenvalue weighted by Crippen LogP contribution is -2.20. The number of ether oxygens (including phenoxy) is 2. The molecule has 0 heterocycles. The van der Waals surface area contributed by atoms with E-state index in [2.05, 4.69) is 26.6 Å². The van der Waals surface area contributed by atoms with Gasteiger partial charge in [-0.3, -0.25) is 9.59 Å². The minimum atomic E-state index is -0.585. The molecule has 7 nitrogen and oxygen atoms in total. The first kappa shape index (κ1) is 25.8. The van der Waals surface area contributed by atoms with Gasteiger partial charge < -0.3 is 20.1 Å². The summed E-state index contributed by atoms with van der Waals surface area (Å²) in [5.41, 5.74) is 2.61. The maximum Gasteiger partial charge on any atom is 0.266 e. The Labute approximate surface area is 216 Å². The molecular formula is C26H21BrClN3O4. The summed E-state index contributed by atoms with van der Waals surface area (Å²) < 4.78 is 11.6. The zero-order valence-electron chi connectivity index (χ0n) is 18.9. The third kappa shape index (κ3) is 7.34. The number of rotatable bonds is 8. The van der Waals surface area contributed by atoms with E-state index in [1.54, 1.807) is 48.5 Å². The van der Waals surface area contributed by atoms with Gasteiger partial charge in [0.25, 0.3) is 11.8 Å². The normalized spacial score (nSPS) is 10.8. The van der Waals surface area contributed by atoms with Crippen LogP contribution in [0, 0.1) is 18.3 Å². The van der Waals surface area contributed by atoms with E-state index in [0.717, 1.165) is 5.56 Å². The summed E-state index contributed by atoms with van der Waals surface area (Å²) in [5.74, 6) is -0.291. The van der Waals surface area contributed by atoms with Gasteiger partial charge in [0, 0.05) is 16.4 Å². The Hall–Kier alpha value is -3.80. The molecule has 0 saturated carbocycles. The molecule has 0 bridgehead atoms. The molecule has 0 aliphatic heterocycles. The van der Waals surface area contributed by atoms with Crippen LogP contribution in [0.4, 0.5) is 11.4 Å². The van der Waals surface area contributed by atoms with Crippen molar-refractivity contribution < 1.29 is 19.1 Å². The van der Waals surface area contributed by atoms with Crippen LogP contribution in [0.25, 0.3) is 6.08 Å². The number of hydrogen-bond donors (Lipinski definition) is 2. The van der Waals surface area contributed by atoms with E-state index in [1.807, 2.05) is 25.1 Å². The number of aryl methyl sites for hydroxylation is 1. The van der Waals surface area contributed by atoms with Crippen LogP contribution in [-0.2, 0) is 9.59 Å². The number of hydrogen-bond acceptors (Lipinski definition) is 5. The van der Waals surface area contributed by atoms with Crippen molar-refractivity contribution in [3.8, 4) is 17.6 Å². The number of methoxy groups -OCH3 is 1. The third-order valence-electron chi connectivity index (χ3n) is 4.69. The first-order valence-corrected chi connectivity index (χ1v) is 11.5. The monoisotopic (exact) mass is 553 g/mol. The quantitative estimate of drug-likeness (QED) is 0.263. The second-order valence-corrected chi connectivity index (χ2v) is 8.66. The molecule has 0 fully saturated rings. The van der Waals surface area contributed by atoms with Gasteiger partial charge in [0.2, 0.25) is 0 Å². The molecule has 0 aliphatic carbocycles. The highest BCUT2D eigenvalue weighted by Crippen LogP contribution is 2.37. The molecule has 3 rings (SSSR count). The molecule has 178 valence electrons. The Morgan fingerprint density at radius 2 is 1.83 bits per heavy atom. The first-order chi connectivity index (χ1) is 16.8. The summed E-state index contributed by atoms with van der Waals surface area (Å²) in [6.45, 7) is 1.71. The van der Waals surface area contributed by atoms with Gasteiger partial charge in [0.15, 0.2) is 18.1 Å². The molecule has 0 saturated heterocycles. The van der Waals surface area contributed by atoms with Crippen molar-refractivity contribution in [2.24, 2.45) is 0 Å². The van der Waals surface area contributed by atoms with Gasteiger partial charge in [0.1, 0.15) is 11.6 Å². The molecule has 3 aromatic carbocycles. The lowest BCUT2D eigenvalue weighted by Gasteiger charge is -2.14. The summed E-state index contributed by atoms with van der Waals surface area (Å²) in [4.78, 5) is 24.8. The number of amides is 2. The fraction of sp³-hybridized carbons (Fsp3) is 0.115. The lowest BCUT2D eigenvalue weighted by molar-refractivity contribution is -0.118. The van der Waals surface area contributed by atoms with Crippen molar-refractivity contribution in [1.29, 1.82) is 5.26 Å². The van der Waals surface area contributed by atoms with E-state index in [9.17, 15) is 14.9 Å². The average molecular weight is 555 g/mol. The van der Waals surface area contributed by atoms with E-state index in [4.69, 9.17) is 21.1 Å². The SMILES string of the molecule is COc1cc(/C=C(\C#N)C(=O)Nc2cccc(Cl)c2)cc(Br)c1OCC(=O)Nc1ccc(C)cc1. The van der Waals surface area contributed by atoms with Crippen molar-refractivity contribution in [1.82, 2.24) is 0 Å². The minimum Gasteiger partial charge on any atom is -0.493 e. The second-order valence-electron chi connectivity index (χ2n) is 7.37. The van der Waals surface area contributed by atoms with E-state index >= 15 is 0 Å². The molecule has 0 spiro atoms. The average Bonchev–Trinajstić information content (AvgIpc) is 2.82. The number of nitriles is 1. The van der Waals surface area contributed by atoms with Crippen LogP contribution in [0.2, 0.25) is 5.02 Å². The van der Waals surface area contributed by atoms with Gasteiger partial charge in [0.05, 0.1) is 11.6 Å². The third-order valence-corrected chi connectivity index (χ3v) is 5.52. The lowest BCUT2D eigenvalue weighted by atomic mass is 10.1. The molecule has 0 aliphatic rings. The van der Waals surface area contributed by atoms with Gasteiger partial charge in [-0.1, -0.05) is 35.4 Å². The van der Waals surface area contributed by atoms with Crippen molar-refractivity contribution >= 4 is 56.8 Å². The van der Waals surface area contributed by atoms with Gasteiger partial charge in [-0.15, -0.1) is 0 Å². The number of benzene rings is 3. The molecule has 2 amide bonds. The van der Waals surface area contributed by atoms with Crippen LogP contribution < -0.4 is 20.1 Å². The number of anilines is 2. The van der Waals surface area contributed by atoms with Crippen molar-refractivity contribution in [3.63, 3.8) is 0 Å². The highest BCUT2D eigenvalue weighted by molar-refractivity contribution is 9.10. The first-order valence-electron chi connectivity index (χ1n) is 10.3. The fourth-order valence-electron chi connectivity index (χ4n) is 3.01. The number of nitrogens with one attached hydrogen (secondary N) is 2. The summed E-state index contributed by atoms with van der Waals surface area (Å²) in [5, 5.41) is 15.4. The molecule has 0 atom stereocenters. The van der Waals surface area contributed by atoms with Crippen LogP contribution in [0.1, 0.15) is 11.1 Å².